The first-order chi connectivity index (χ1) is 25.2. The number of rotatable bonds is 5. The molecule has 0 saturated heterocycles. The van der Waals surface area contributed by atoms with Crippen LogP contribution >= 0.6 is 0 Å². The highest BCUT2D eigenvalue weighted by Crippen LogP contribution is 2.39. The number of nitrogens with zero attached hydrogens (tertiary/aromatic N) is 2. The maximum absolute atomic E-state index is 6.55. The Hall–Kier alpha value is -6.78. The van der Waals surface area contributed by atoms with Crippen molar-refractivity contribution >= 4 is 61.1 Å². The summed E-state index contributed by atoms with van der Waals surface area (Å²) in [6, 6.07) is 56.6. The predicted octanol–water partition coefficient (Wildman–Crippen LogP) is 12.5. The number of amidine groups is 1. The standard InChI is InChI=1S/C47H30N2O2/c1-3-11-30(12-4-1)31-19-21-33(22-20-31)41-26-25-40(32-13-5-2-6-14-32)48-47(49-41)39-27-35(29-45-46(39)38-16-8-10-18-43(38)51-45)34-23-24-37-36-15-7-9-17-42(36)50-44(37)28-34/h1-24,26-29H,25H2. The van der Waals surface area contributed by atoms with Crippen LogP contribution in [0.4, 0.5) is 0 Å². The molecule has 240 valence electrons. The Morgan fingerprint density at radius 3 is 1.75 bits per heavy atom. The molecule has 0 spiro atoms. The summed E-state index contributed by atoms with van der Waals surface area (Å²) >= 11 is 0. The summed E-state index contributed by atoms with van der Waals surface area (Å²) in [6.45, 7) is 0. The molecule has 1 aliphatic rings. The first-order valence-corrected chi connectivity index (χ1v) is 17.2. The van der Waals surface area contributed by atoms with Gasteiger partial charge in [-0.15, -0.1) is 0 Å². The van der Waals surface area contributed by atoms with Crippen molar-refractivity contribution in [3.63, 3.8) is 0 Å². The monoisotopic (exact) mass is 654 g/mol. The normalized spacial score (nSPS) is 13.4. The van der Waals surface area contributed by atoms with Crippen molar-refractivity contribution in [1.82, 2.24) is 0 Å². The smallest absolute Gasteiger partial charge is 0.160 e. The van der Waals surface area contributed by atoms with Crippen LogP contribution in [0.1, 0.15) is 23.1 Å². The Morgan fingerprint density at radius 2 is 0.961 bits per heavy atom. The highest BCUT2D eigenvalue weighted by molar-refractivity contribution is 6.23. The summed E-state index contributed by atoms with van der Waals surface area (Å²) in [5.74, 6) is 0.646. The van der Waals surface area contributed by atoms with Gasteiger partial charge in [0.05, 0.1) is 11.4 Å². The Morgan fingerprint density at radius 1 is 0.392 bits per heavy atom. The number of allylic oxidation sites excluding steroid dienone is 1. The van der Waals surface area contributed by atoms with Crippen LogP contribution in [0.3, 0.4) is 0 Å². The van der Waals surface area contributed by atoms with E-state index in [-0.39, 0.29) is 0 Å². The minimum absolute atomic E-state index is 0.643. The fourth-order valence-electron chi connectivity index (χ4n) is 7.23. The number of aliphatic imine (C=N–C) groups is 2. The molecule has 1 aliphatic heterocycles. The third-order valence-corrected chi connectivity index (χ3v) is 9.78. The molecule has 2 aromatic heterocycles. The fraction of sp³-hybridized carbons (Fsp3) is 0.0213. The minimum Gasteiger partial charge on any atom is -0.456 e. The molecule has 7 aromatic carbocycles. The van der Waals surface area contributed by atoms with E-state index in [9.17, 15) is 0 Å². The lowest BCUT2D eigenvalue weighted by molar-refractivity contribution is 0.668. The Labute approximate surface area is 294 Å². The molecule has 0 bridgehead atoms. The maximum atomic E-state index is 6.55. The molecule has 4 heteroatoms. The van der Waals surface area contributed by atoms with Gasteiger partial charge in [-0.05, 0) is 69.8 Å². The quantitative estimate of drug-likeness (QED) is 0.185. The molecular formula is C47H30N2O2. The summed E-state index contributed by atoms with van der Waals surface area (Å²) in [7, 11) is 0. The Kier molecular flexibility index (Phi) is 6.85. The van der Waals surface area contributed by atoms with Crippen molar-refractivity contribution in [2.24, 2.45) is 9.98 Å². The second-order valence-electron chi connectivity index (χ2n) is 12.9. The van der Waals surface area contributed by atoms with Crippen LogP contribution in [-0.4, -0.2) is 11.5 Å². The first kappa shape index (κ1) is 29.2. The highest BCUT2D eigenvalue weighted by atomic mass is 16.3. The molecule has 0 radical (unpaired) electrons. The van der Waals surface area contributed by atoms with E-state index in [1.54, 1.807) is 0 Å². The zero-order chi connectivity index (χ0) is 33.7. The van der Waals surface area contributed by atoms with Gasteiger partial charge >= 0.3 is 0 Å². The minimum atomic E-state index is 0.643. The van der Waals surface area contributed by atoms with Crippen molar-refractivity contribution in [3.8, 4) is 22.3 Å². The molecule has 9 aromatic rings. The van der Waals surface area contributed by atoms with Crippen molar-refractivity contribution in [2.75, 3.05) is 0 Å². The first-order valence-electron chi connectivity index (χ1n) is 17.2. The lowest BCUT2D eigenvalue weighted by atomic mass is 9.97. The van der Waals surface area contributed by atoms with E-state index in [1.165, 1.54) is 11.1 Å². The van der Waals surface area contributed by atoms with E-state index in [1.807, 2.05) is 42.5 Å². The van der Waals surface area contributed by atoms with E-state index in [0.29, 0.717) is 12.3 Å². The van der Waals surface area contributed by atoms with E-state index in [0.717, 1.165) is 83.1 Å². The van der Waals surface area contributed by atoms with Gasteiger partial charge in [0.2, 0.25) is 0 Å². The largest absolute Gasteiger partial charge is 0.456 e. The number of furan rings is 2. The van der Waals surface area contributed by atoms with Gasteiger partial charge in [0.25, 0.3) is 0 Å². The molecule has 51 heavy (non-hydrogen) atoms. The third kappa shape index (κ3) is 5.17. The van der Waals surface area contributed by atoms with Gasteiger partial charge in [0, 0.05) is 33.5 Å². The van der Waals surface area contributed by atoms with E-state index in [4.69, 9.17) is 18.8 Å². The van der Waals surface area contributed by atoms with Crippen LogP contribution in [-0.2, 0) is 0 Å². The molecule has 0 aliphatic carbocycles. The van der Waals surface area contributed by atoms with E-state index >= 15 is 0 Å². The molecule has 10 rings (SSSR count). The number of hydrogen-bond acceptors (Lipinski definition) is 4. The van der Waals surface area contributed by atoms with Gasteiger partial charge < -0.3 is 8.83 Å². The summed E-state index contributed by atoms with van der Waals surface area (Å²) in [6.07, 6.45) is 2.84. The molecule has 3 heterocycles. The van der Waals surface area contributed by atoms with E-state index in [2.05, 4.69) is 127 Å². The Balaban J connectivity index is 1.18. The van der Waals surface area contributed by atoms with Crippen LogP contribution in [0.5, 0.6) is 0 Å². The number of para-hydroxylation sites is 2. The van der Waals surface area contributed by atoms with Crippen molar-refractivity contribution in [3.05, 3.63) is 187 Å². The predicted molar refractivity (Wildman–Crippen MR) is 210 cm³/mol. The van der Waals surface area contributed by atoms with Gasteiger partial charge in [-0.3, -0.25) is 0 Å². The van der Waals surface area contributed by atoms with Gasteiger partial charge in [0.15, 0.2) is 5.84 Å². The van der Waals surface area contributed by atoms with Crippen molar-refractivity contribution in [1.29, 1.82) is 0 Å². The van der Waals surface area contributed by atoms with Gasteiger partial charge in [0.1, 0.15) is 22.3 Å². The van der Waals surface area contributed by atoms with Gasteiger partial charge in [-0.25, -0.2) is 9.98 Å². The number of hydrogen-bond donors (Lipinski definition) is 0. The van der Waals surface area contributed by atoms with E-state index < -0.39 is 0 Å². The number of fused-ring (bicyclic) bond motifs is 6. The zero-order valence-corrected chi connectivity index (χ0v) is 27.6. The lowest BCUT2D eigenvalue weighted by Crippen LogP contribution is -2.05. The highest BCUT2D eigenvalue weighted by Gasteiger charge is 2.21. The van der Waals surface area contributed by atoms with Crippen molar-refractivity contribution in [2.45, 2.75) is 6.42 Å². The number of benzene rings is 7. The average molecular weight is 655 g/mol. The summed E-state index contributed by atoms with van der Waals surface area (Å²) in [4.78, 5) is 10.7. The zero-order valence-electron chi connectivity index (χ0n) is 27.6. The average Bonchev–Trinajstić information content (AvgIpc) is 3.68. The molecule has 0 saturated carbocycles. The summed E-state index contributed by atoms with van der Waals surface area (Å²) < 4.78 is 12.8. The lowest BCUT2D eigenvalue weighted by Gasteiger charge is -2.10. The third-order valence-electron chi connectivity index (χ3n) is 9.78. The second kappa shape index (κ2) is 12.0. The fourth-order valence-corrected chi connectivity index (χ4v) is 7.23. The summed E-state index contributed by atoms with van der Waals surface area (Å²) in [5, 5.41) is 4.23. The van der Waals surface area contributed by atoms with Crippen LogP contribution in [0.2, 0.25) is 0 Å². The van der Waals surface area contributed by atoms with Crippen LogP contribution < -0.4 is 0 Å². The van der Waals surface area contributed by atoms with Crippen LogP contribution in [0.15, 0.2) is 189 Å². The second-order valence-corrected chi connectivity index (χ2v) is 12.9. The topological polar surface area (TPSA) is 51.0 Å². The summed E-state index contributed by atoms with van der Waals surface area (Å²) in [5.41, 5.74) is 12.6. The molecule has 0 amide bonds. The molecule has 0 unspecified atom stereocenters. The molecule has 4 nitrogen and oxygen atoms in total. The van der Waals surface area contributed by atoms with Gasteiger partial charge in [-0.1, -0.05) is 133 Å². The SMILES string of the molecule is C1=C(c2ccc(-c3ccccc3)cc2)N=C(c2cc(-c3ccc4c(c3)oc3ccccc34)cc3oc4ccccc4c23)N=C(c2ccccc2)C1. The van der Waals surface area contributed by atoms with Crippen molar-refractivity contribution < 1.29 is 8.83 Å². The Bertz CT molecular complexity index is 2860. The van der Waals surface area contributed by atoms with Gasteiger partial charge in [-0.2, -0.15) is 0 Å². The maximum Gasteiger partial charge on any atom is 0.160 e. The molecule has 0 atom stereocenters. The van der Waals surface area contributed by atoms with Crippen LogP contribution in [0, 0.1) is 0 Å². The van der Waals surface area contributed by atoms with Crippen LogP contribution in [0.25, 0.3) is 71.8 Å². The molecular weight excluding hydrogens is 625 g/mol. The molecule has 0 fully saturated rings. The molecule has 0 N–H and O–H groups in total.